The van der Waals surface area contributed by atoms with Gasteiger partial charge in [-0.3, -0.25) is 0 Å². The van der Waals surface area contributed by atoms with E-state index in [-0.39, 0.29) is 11.3 Å². The Labute approximate surface area is 94.9 Å². The Bertz CT molecular complexity index is 566. The largest absolute Gasteiger partial charge is 0.279 e. The SMILES string of the molecule is Cc1cc(C(F)F)c(S(=O)(=O)Cl)nc1C#N. The van der Waals surface area contributed by atoms with E-state index in [4.69, 9.17) is 15.9 Å². The summed E-state index contributed by atoms with van der Waals surface area (Å²) in [6.07, 6.45) is -3.03. The van der Waals surface area contributed by atoms with Gasteiger partial charge in [0.05, 0.1) is 5.56 Å². The summed E-state index contributed by atoms with van der Waals surface area (Å²) in [5.74, 6) is 0. The maximum Gasteiger partial charge on any atom is 0.279 e. The number of hydrogen-bond acceptors (Lipinski definition) is 4. The van der Waals surface area contributed by atoms with E-state index in [2.05, 4.69) is 4.98 Å². The molecule has 1 heterocycles. The summed E-state index contributed by atoms with van der Waals surface area (Å²) >= 11 is 0. The number of nitriles is 1. The summed E-state index contributed by atoms with van der Waals surface area (Å²) < 4.78 is 47.1. The fourth-order valence-electron chi connectivity index (χ4n) is 1.08. The van der Waals surface area contributed by atoms with E-state index in [1.165, 1.54) is 6.92 Å². The summed E-state index contributed by atoms with van der Waals surface area (Å²) in [6.45, 7) is 1.38. The van der Waals surface area contributed by atoms with Crippen molar-refractivity contribution in [3.63, 3.8) is 0 Å². The normalized spacial score (nSPS) is 11.5. The summed E-state index contributed by atoms with van der Waals surface area (Å²) in [6, 6.07) is 2.49. The summed E-state index contributed by atoms with van der Waals surface area (Å²) in [4.78, 5) is 3.32. The Hall–Kier alpha value is -1.26. The third kappa shape index (κ3) is 2.46. The van der Waals surface area contributed by atoms with Crippen LogP contribution in [0.2, 0.25) is 0 Å². The van der Waals surface area contributed by atoms with Crippen LogP contribution in [0.25, 0.3) is 0 Å². The third-order valence-corrected chi connectivity index (χ3v) is 3.01. The second kappa shape index (κ2) is 4.31. The van der Waals surface area contributed by atoms with Crippen molar-refractivity contribution in [1.29, 1.82) is 5.26 Å². The van der Waals surface area contributed by atoms with Crippen molar-refractivity contribution in [3.8, 4) is 6.07 Å². The number of pyridine rings is 1. The van der Waals surface area contributed by atoms with Crippen LogP contribution < -0.4 is 0 Å². The lowest BCUT2D eigenvalue weighted by molar-refractivity contribution is 0.147. The van der Waals surface area contributed by atoms with Gasteiger partial charge in [-0.2, -0.15) is 5.26 Å². The zero-order chi connectivity index (χ0) is 12.5. The molecule has 1 aromatic heterocycles. The van der Waals surface area contributed by atoms with Crippen LogP contribution >= 0.6 is 10.7 Å². The van der Waals surface area contributed by atoms with E-state index in [1.54, 1.807) is 6.07 Å². The molecule has 0 aliphatic rings. The second-order valence-electron chi connectivity index (χ2n) is 2.90. The first-order chi connectivity index (χ1) is 7.27. The van der Waals surface area contributed by atoms with Crippen LogP contribution in [0.1, 0.15) is 23.2 Å². The molecule has 8 heteroatoms. The van der Waals surface area contributed by atoms with E-state index < -0.39 is 26.1 Å². The minimum atomic E-state index is -4.40. The Kier molecular flexibility index (Phi) is 3.45. The van der Waals surface area contributed by atoms with Gasteiger partial charge < -0.3 is 0 Å². The van der Waals surface area contributed by atoms with Crippen LogP contribution in [0.3, 0.4) is 0 Å². The fraction of sp³-hybridized carbons (Fsp3) is 0.250. The van der Waals surface area contributed by atoms with E-state index in [0.29, 0.717) is 0 Å². The molecule has 0 amide bonds. The molecule has 0 aliphatic carbocycles. The molecule has 0 saturated heterocycles. The molecule has 1 aromatic rings. The lowest BCUT2D eigenvalue weighted by atomic mass is 10.1. The molecule has 0 bridgehead atoms. The predicted molar refractivity (Wildman–Crippen MR) is 51.7 cm³/mol. The van der Waals surface area contributed by atoms with Crippen LogP contribution in [0, 0.1) is 18.3 Å². The topological polar surface area (TPSA) is 70.8 Å². The number of aryl methyl sites for hydroxylation is 1. The molecule has 0 N–H and O–H groups in total. The van der Waals surface area contributed by atoms with Crippen LogP contribution in [-0.2, 0) is 9.05 Å². The highest BCUT2D eigenvalue weighted by Gasteiger charge is 2.25. The highest BCUT2D eigenvalue weighted by atomic mass is 35.7. The molecule has 0 aliphatic heterocycles. The van der Waals surface area contributed by atoms with Crippen molar-refractivity contribution in [3.05, 3.63) is 22.9 Å². The lowest BCUT2D eigenvalue weighted by Crippen LogP contribution is -2.05. The van der Waals surface area contributed by atoms with Crippen molar-refractivity contribution >= 4 is 19.7 Å². The molecule has 4 nitrogen and oxygen atoms in total. The number of aromatic nitrogens is 1. The van der Waals surface area contributed by atoms with Crippen molar-refractivity contribution < 1.29 is 17.2 Å². The first-order valence-corrected chi connectivity index (χ1v) is 6.22. The molecule has 0 saturated carbocycles. The van der Waals surface area contributed by atoms with Crippen LogP contribution in [0.5, 0.6) is 0 Å². The summed E-state index contributed by atoms with van der Waals surface area (Å²) in [5.41, 5.74) is -0.878. The maximum atomic E-state index is 12.5. The van der Waals surface area contributed by atoms with Gasteiger partial charge in [0.15, 0.2) is 5.03 Å². The molecule has 16 heavy (non-hydrogen) atoms. The van der Waals surface area contributed by atoms with Crippen molar-refractivity contribution in [2.45, 2.75) is 18.4 Å². The van der Waals surface area contributed by atoms with E-state index in [9.17, 15) is 17.2 Å². The fourth-order valence-corrected chi connectivity index (χ4v) is 2.08. The average Bonchev–Trinajstić information content (AvgIpc) is 2.15. The summed E-state index contributed by atoms with van der Waals surface area (Å²) in [5, 5.41) is 7.63. The number of alkyl halides is 2. The molecule has 0 spiro atoms. The van der Waals surface area contributed by atoms with E-state index >= 15 is 0 Å². The van der Waals surface area contributed by atoms with Gasteiger partial charge in [-0.25, -0.2) is 22.2 Å². The maximum absolute atomic E-state index is 12.5. The molecule has 0 aromatic carbocycles. The average molecular weight is 267 g/mol. The van der Waals surface area contributed by atoms with Gasteiger partial charge in [0.1, 0.15) is 11.8 Å². The Morgan fingerprint density at radius 2 is 2.12 bits per heavy atom. The molecule has 0 fully saturated rings. The zero-order valence-corrected chi connectivity index (χ0v) is 9.48. The highest BCUT2D eigenvalue weighted by Crippen LogP contribution is 2.28. The van der Waals surface area contributed by atoms with Crippen LogP contribution in [-0.4, -0.2) is 13.4 Å². The minimum absolute atomic E-state index is 0.168. The third-order valence-electron chi connectivity index (χ3n) is 1.78. The van der Waals surface area contributed by atoms with Gasteiger partial charge in [-0.15, -0.1) is 0 Å². The molecular weight excluding hydrogens is 262 g/mol. The van der Waals surface area contributed by atoms with Gasteiger partial charge in [-0.1, -0.05) is 0 Å². The highest BCUT2D eigenvalue weighted by molar-refractivity contribution is 8.13. The first kappa shape index (κ1) is 12.8. The van der Waals surface area contributed by atoms with Crippen LogP contribution in [0.4, 0.5) is 8.78 Å². The number of rotatable bonds is 2. The monoisotopic (exact) mass is 266 g/mol. The van der Waals surface area contributed by atoms with E-state index in [0.717, 1.165) is 6.07 Å². The molecule has 0 atom stereocenters. The molecule has 1 rings (SSSR count). The van der Waals surface area contributed by atoms with Gasteiger partial charge >= 0.3 is 0 Å². The smallest absolute Gasteiger partial charge is 0.223 e. The van der Waals surface area contributed by atoms with Crippen molar-refractivity contribution in [2.24, 2.45) is 0 Å². The lowest BCUT2D eigenvalue weighted by Gasteiger charge is -2.07. The zero-order valence-electron chi connectivity index (χ0n) is 7.91. The summed E-state index contributed by atoms with van der Waals surface area (Å²) in [7, 11) is 0.558. The minimum Gasteiger partial charge on any atom is -0.223 e. The Morgan fingerprint density at radius 1 is 1.56 bits per heavy atom. The number of halogens is 3. The van der Waals surface area contributed by atoms with Gasteiger partial charge in [0, 0.05) is 10.7 Å². The molecule has 86 valence electrons. The van der Waals surface area contributed by atoms with Gasteiger partial charge in [0.2, 0.25) is 0 Å². The standard InChI is InChI=1S/C8H5ClF2N2O2S/c1-4-2-5(7(10)11)8(16(9,14)15)13-6(4)3-12/h2,7H,1H3. The molecule has 0 unspecified atom stereocenters. The molecular formula is C8H5ClF2N2O2S. The van der Waals surface area contributed by atoms with E-state index in [1.807, 2.05) is 0 Å². The van der Waals surface area contributed by atoms with Crippen molar-refractivity contribution in [1.82, 2.24) is 4.98 Å². The van der Waals surface area contributed by atoms with Gasteiger partial charge in [-0.05, 0) is 18.6 Å². The number of hydrogen-bond donors (Lipinski definition) is 0. The van der Waals surface area contributed by atoms with Crippen LogP contribution in [0.15, 0.2) is 11.1 Å². The Balaban J connectivity index is 3.64. The predicted octanol–water partition coefficient (Wildman–Crippen LogP) is 2.13. The quantitative estimate of drug-likeness (QED) is 0.769. The Morgan fingerprint density at radius 3 is 2.50 bits per heavy atom. The van der Waals surface area contributed by atoms with Crippen molar-refractivity contribution in [2.75, 3.05) is 0 Å². The number of nitrogens with zero attached hydrogens (tertiary/aromatic N) is 2. The molecule has 0 radical (unpaired) electrons. The second-order valence-corrected chi connectivity index (χ2v) is 5.38. The van der Waals surface area contributed by atoms with Gasteiger partial charge in [0.25, 0.3) is 15.5 Å². The first-order valence-electron chi connectivity index (χ1n) is 3.92.